The van der Waals surface area contributed by atoms with Crippen molar-refractivity contribution in [3.63, 3.8) is 0 Å². The molecule has 0 bridgehead atoms. The minimum atomic E-state index is 0.552. The normalized spacial score (nSPS) is 11.7. The van der Waals surface area contributed by atoms with E-state index < -0.39 is 0 Å². The Balaban J connectivity index is 0.604. The average Bonchev–Trinajstić information content (AvgIpc) is 1.58. The summed E-state index contributed by atoms with van der Waals surface area (Å²) in [6.45, 7) is 0. The van der Waals surface area contributed by atoms with Gasteiger partial charge in [-0.2, -0.15) is 0 Å². The van der Waals surface area contributed by atoms with Crippen molar-refractivity contribution >= 4 is 131 Å². The summed E-state index contributed by atoms with van der Waals surface area (Å²) in [4.78, 5) is 35.7. The first-order chi connectivity index (χ1) is 56.5. The van der Waals surface area contributed by atoms with Crippen molar-refractivity contribution in [2.24, 2.45) is 0 Å². The molecule has 0 saturated carbocycles. The monoisotopic (exact) mass is 1480 g/mol. The van der Waals surface area contributed by atoms with Crippen molar-refractivity contribution in [2.75, 3.05) is 9.80 Å². The van der Waals surface area contributed by atoms with Crippen molar-refractivity contribution in [3.05, 3.63) is 388 Å². The van der Waals surface area contributed by atoms with Crippen LogP contribution in [0.15, 0.2) is 393 Å². The molecule has 12 heteroatoms. The van der Waals surface area contributed by atoms with Gasteiger partial charge in [-0.05, 0) is 187 Å². The van der Waals surface area contributed by atoms with Crippen LogP contribution in [0.4, 0.5) is 34.1 Å². The molecule has 0 radical (unpaired) electrons. The summed E-state index contributed by atoms with van der Waals surface area (Å²) in [6.07, 6.45) is 0. The van der Waals surface area contributed by atoms with Crippen molar-refractivity contribution in [3.8, 4) is 90.8 Å². The van der Waals surface area contributed by atoms with Crippen LogP contribution in [0.3, 0.4) is 0 Å². The Hall–Kier alpha value is -15.2. The van der Waals surface area contributed by atoms with E-state index in [0.29, 0.717) is 34.9 Å². The zero-order chi connectivity index (χ0) is 75.2. The summed E-state index contributed by atoms with van der Waals surface area (Å²) in [6, 6.07) is 137. The second kappa shape index (κ2) is 27.4. The van der Waals surface area contributed by atoms with E-state index in [4.69, 9.17) is 34.3 Å². The van der Waals surface area contributed by atoms with E-state index in [0.717, 1.165) is 156 Å². The van der Waals surface area contributed by atoms with Gasteiger partial charge in [0.2, 0.25) is 0 Å². The largest absolute Gasteiger partial charge is 0.456 e. The van der Waals surface area contributed by atoms with Crippen LogP contribution in [0.1, 0.15) is 0 Å². The molecule has 0 aliphatic carbocycles. The number of hydrogen-bond acceptors (Lipinski definition) is 10. The van der Waals surface area contributed by atoms with Crippen LogP contribution in [0.2, 0.25) is 0 Å². The quantitative estimate of drug-likeness (QED) is 0.0992. The molecule has 11 nitrogen and oxygen atoms in total. The van der Waals surface area contributed by atoms with E-state index in [2.05, 4.69) is 322 Å². The number of fused-ring (bicyclic) bond motifs is 12. The van der Waals surface area contributed by atoms with E-state index in [1.165, 1.54) is 20.2 Å². The maximum atomic E-state index is 6.66. The fourth-order valence-electron chi connectivity index (χ4n) is 16.4. The summed E-state index contributed by atoms with van der Waals surface area (Å²) in [5, 5.41) is 8.89. The first-order valence-corrected chi connectivity index (χ1v) is 38.9. The summed E-state index contributed by atoms with van der Waals surface area (Å²) < 4.78 is 13.8. The number of thiophene rings is 1. The van der Waals surface area contributed by atoms with Crippen molar-refractivity contribution in [2.45, 2.75) is 0 Å². The molecule has 0 N–H and O–H groups in total. The highest BCUT2D eigenvalue weighted by Gasteiger charge is 2.24. The van der Waals surface area contributed by atoms with Gasteiger partial charge in [-0.1, -0.05) is 212 Å². The number of hydrogen-bond donors (Lipinski definition) is 0. The number of rotatable bonds is 15. The Morgan fingerprint density at radius 1 is 0.202 bits per heavy atom. The molecule has 6 heterocycles. The summed E-state index contributed by atoms with van der Waals surface area (Å²) in [7, 11) is 0. The third kappa shape index (κ3) is 11.6. The van der Waals surface area contributed by atoms with E-state index in [1.54, 1.807) is 11.3 Å². The third-order valence-corrected chi connectivity index (χ3v) is 22.9. The van der Waals surface area contributed by atoms with Gasteiger partial charge in [-0.3, -0.25) is 0 Å². The molecule has 22 aromatic rings. The summed E-state index contributed by atoms with van der Waals surface area (Å²) in [5.74, 6) is 3.58. The molecule has 0 spiro atoms. The topological polar surface area (TPSA) is 107 Å². The van der Waals surface area contributed by atoms with Gasteiger partial charge in [0.15, 0.2) is 34.9 Å². The number of benzene rings is 16. The Morgan fingerprint density at radius 2 is 0.526 bits per heavy atom. The Kier molecular flexibility index (Phi) is 15.8. The number of anilines is 6. The van der Waals surface area contributed by atoms with Crippen LogP contribution in [0, 0.1) is 0 Å². The van der Waals surface area contributed by atoms with Gasteiger partial charge in [0.25, 0.3) is 0 Å². The van der Waals surface area contributed by atoms with E-state index >= 15 is 0 Å². The molecule has 0 fully saturated rings. The van der Waals surface area contributed by atoms with Crippen LogP contribution >= 0.6 is 11.3 Å². The summed E-state index contributed by atoms with van der Waals surface area (Å²) >= 11 is 1.80. The highest BCUT2D eigenvalue weighted by molar-refractivity contribution is 7.25. The molecular weight excluding hydrogens is 1410 g/mol. The van der Waals surface area contributed by atoms with Crippen molar-refractivity contribution < 1.29 is 4.42 Å². The first kappa shape index (κ1) is 65.8. The van der Waals surface area contributed by atoms with Gasteiger partial charge in [0.05, 0.1) is 22.1 Å². The lowest BCUT2D eigenvalue weighted by Gasteiger charge is -2.26. The van der Waals surface area contributed by atoms with E-state index in [-0.39, 0.29) is 0 Å². The maximum Gasteiger partial charge on any atom is 0.164 e. The SMILES string of the molecule is c1ccc(-c2nc(-c3cccc(-c4cccc(N(c5ccccc5)c5ccc6c(c5)c5ccccc5n6-c5ccc6sc7ccc(-c8nc(-c9ccccc9)nc(-c9ccccc9)n8)cc7c6c5)c4)c3)nc(-c3ccc4oc5ccc(-n6c7ccccc7c7cc(N(c8ccccc8)c8ccccc8)ccc76)cc5c4c3)n2)cc1. The minimum absolute atomic E-state index is 0.552. The zero-order valence-electron chi connectivity index (χ0n) is 61.2. The van der Waals surface area contributed by atoms with Gasteiger partial charge in [-0.15, -0.1) is 11.3 Å². The van der Waals surface area contributed by atoms with Crippen LogP contribution in [-0.2, 0) is 0 Å². The summed E-state index contributed by atoms with van der Waals surface area (Å²) in [5.41, 5.74) is 21.9. The molecule has 6 aromatic heterocycles. The average molecular weight is 1480 g/mol. The number of nitrogens with zero attached hydrogens (tertiary/aromatic N) is 10. The second-order valence-corrected chi connectivity index (χ2v) is 29.7. The predicted molar refractivity (Wildman–Crippen MR) is 469 cm³/mol. The van der Waals surface area contributed by atoms with Gasteiger partial charge < -0.3 is 23.4 Å². The molecule has 22 rings (SSSR count). The number of aromatic nitrogens is 8. The molecule has 0 amide bonds. The number of furan rings is 1. The number of para-hydroxylation sites is 5. The van der Waals surface area contributed by atoms with Crippen LogP contribution in [-0.4, -0.2) is 39.0 Å². The van der Waals surface area contributed by atoms with Crippen LogP contribution < -0.4 is 9.80 Å². The lowest BCUT2D eigenvalue weighted by atomic mass is 10.0. The smallest absolute Gasteiger partial charge is 0.164 e. The fourth-order valence-corrected chi connectivity index (χ4v) is 17.5. The van der Waals surface area contributed by atoms with Gasteiger partial charge in [0.1, 0.15) is 11.2 Å². The van der Waals surface area contributed by atoms with Gasteiger partial charge in [0, 0.05) is 131 Å². The lowest BCUT2D eigenvalue weighted by Crippen LogP contribution is -2.10. The molecule has 0 saturated heterocycles. The molecule has 0 aliphatic rings. The third-order valence-electron chi connectivity index (χ3n) is 21.7. The maximum absolute atomic E-state index is 6.66. The first-order valence-electron chi connectivity index (χ1n) is 38.1. The highest BCUT2D eigenvalue weighted by Crippen LogP contribution is 2.46. The lowest BCUT2D eigenvalue weighted by molar-refractivity contribution is 0.669. The van der Waals surface area contributed by atoms with Crippen LogP contribution in [0.25, 0.3) is 177 Å². The molecule has 16 aromatic carbocycles. The molecule has 0 unspecified atom stereocenters. The Labute approximate surface area is 659 Å². The fraction of sp³-hybridized carbons (Fsp3) is 0. The molecule has 114 heavy (non-hydrogen) atoms. The molecule has 0 atom stereocenters. The molecule has 534 valence electrons. The van der Waals surface area contributed by atoms with Gasteiger partial charge >= 0.3 is 0 Å². The highest BCUT2D eigenvalue weighted by atomic mass is 32.1. The predicted octanol–water partition coefficient (Wildman–Crippen LogP) is 27.1. The van der Waals surface area contributed by atoms with Crippen molar-refractivity contribution in [1.82, 2.24) is 39.0 Å². The second-order valence-electron chi connectivity index (χ2n) is 28.6. The molecule has 0 aliphatic heterocycles. The standard InChI is InChI=1S/C102H64N10OS/c1-7-25-65(26-8-1)97-103-98(66-27-9-2-10-28-66)106-102(105-97)72-46-55-95-87(60-72)88-64-80(50-56-96(88)114-95)112-90-44-22-20-42-82(90)84-62-78(48-52-92(84)112)110(75-38-17-6-18-39-75)76-40-24-32-69(58-76)68-31-23-33-70(57-68)100-104-99(67-29-11-3-12-30-67)107-101(108-100)71-45-53-93-85(59-71)86-63-79(49-54-94(86)113-93)111-89-43-21-19-41-81(89)83-61-77(47-51-91(83)111)109(73-34-13-4-14-35-73)74-36-15-5-16-37-74/h1-64H. The van der Waals surface area contributed by atoms with Crippen LogP contribution in [0.5, 0.6) is 0 Å². The Morgan fingerprint density at radius 3 is 1.04 bits per heavy atom. The van der Waals surface area contributed by atoms with Crippen molar-refractivity contribution in [1.29, 1.82) is 0 Å². The molecular formula is C102H64N10OS. The van der Waals surface area contributed by atoms with E-state index in [1.807, 2.05) is 84.9 Å². The minimum Gasteiger partial charge on any atom is -0.456 e. The van der Waals surface area contributed by atoms with E-state index in [9.17, 15) is 0 Å². The zero-order valence-corrected chi connectivity index (χ0v) is 62.1. The Bertz CT molecular complexity index is 7400. The van der Waals surface area contributed by atoms with Gasteiger partial charge in [-0.25, -0.2) is 29.9 Å².